The van der Waals surface area contributed by atoms with Crippen molar-refractivity contribution < 1.29 is 0 Å². The molecule has 0 aliphatic heterocycles. The van der Waals surface area contributed by atoms with Crippen LogP contribution in [0, 0.1) is 6.92 Å². The van der Waals surface area contributed by atoms with Gasteiger partial charge >= 0.3 is 0 Å². The lowest BCUT2D eigenvalue weighted by Gasteiger charge is -2.06. The van der Waals surface area contributed by atoms with Crippen LogP contribution in [0.15, 0.2) is 6.20 Å². The van der Waals surface area contributed by atoms with Crippen molar-refractivity contribution in [2.45, 2.75) is 40.2 Å². The van der Waals surface area contributed by atoms with E-state index in [1.165, 1.54) is 4.88 Å². The van der Waals surface area contributed by atoms with Gasteiger partial charge in [0.1, 0.15) is 0 Å². The highest BCUT2D eigenvalue weighted by molar-refractivity contribution is 7.11. The minimum Gasteiger partial charge on any atom is -0.348 e. The maximum absolute atomic E-state index is 4.48. The number of thiazole rings is 1. The third-order valence-corrected chi connectivity index (χ3v) is 3.51. The minimum absolute atomic E-state index is 0.593. The third-order valence-electron chi connectivity index (χ3n) is 2.60. The predicted octanol–water partition coefficient (Wildman–Crippen LogP) is 2.37. The maximum Gasteiger partial charge on any atom is 0.243 e. The Bertz CT molecular complexity index is 523. The number of aryl methyl sites for hydroxylation is 3. The Kier molecular flexibility index (Phi) is 4.19. The Hall–Kier alpha value is -1.56. The fraction of sp³-hybridized carbons (Fsp3) is 0.500. The first kappa shape index (κ1) is 12.9. The third kappa shape index (κ3) is 3.01. The second-order valence-electron chi connectivity index (χ2n) is 3.94. The molecule has 0 spiro atoms. The van der Waals surface area contributed by atoms with Gasteiger partial charge in [0, 0.05) is 11.1 Å². The molecule has 5 nitrogen and oxygen atoms in total. The van der Waals surface area contributed by atoms with Crippen LogP contribution in [0.5, 0.6) is 0 Å². The molecule has 2 aromatic heterocycles. The zero-order valence-electron chi connectivity index (χ0n) is 10.9. The van der Waals surface area contributed by atoms with E-state index in [9.17, 15) is 0 Å². The number of aromatic nitrogens is 4. The molecule has 0 radical (unpaired) electrons. The highest BCUT2D eigenvalue weighted by atomic mass is 32.1. The maximum atomic E-state index is 4.48. The van der Waals surface area contributed by atoms with Gasteiger partial charge in [0.05, 0.1) is 22.9 Å². The van der Waals surface area contributed by atoms with Gasteiger partial charge < -0.3 is 5.32 Å². The van der Waals surface area contributed by atoms with Crippen LogP contribution in [0.25, 0.3) is 0 Å². The molecule has 0 amide bonds. The van der Waals surface area contributed by atoms with Gasteiger partial charge in [-0.1, -0.05) is 13.8 Å². The summed E-state index contributed by atoms with van der Waals surface area (Å²) in [6.45, 7) is 6.84. The summed E-state index contributed by atoms with van der Waals surface area (Å²) in [5.41, 5.74) is 2.01. The topological polar surface area (TPSA) is 63.6 Å². The molecule has 6 heteroatoms. The lowest BCUT2D eigenvalue weighted by molar-refractivity contribution is 0.820. The smallest absolute Gasteiger partial charge is 0.243 e. The second-order valence-corrected chi connectivity index (χ2v) is 5.25. The number of rotatable bonds is 5. The zero-order valence-corrected chi connectivity index (χ0v) is 11.7. The van der Waals surface area contributed by atoms with Crippen LogP contribution in [0.1, 0.15) is 35.1 Å². The molecular formula is C12H17N5S. The molecular weight excluding hydrogens is 246 g/mol. The molecule has 2 rings (SSSR count). The van der Waals surface area contributed by atoms with Crippen LogP contribution in [0.3, 0.4) is 0 Å². The molecule has 0 aliphatic rings. The molecule has 0 fully saturated rings. The molecule has 2 aromatic rings. The van der Waals surface area contributed by atoms with Gasteiger partial charge in [-0.25, -0.2) is 9.97 Å². The van der Waals surface area contributed by atoms with Crippen LogP contribution >= 0.6 is 11.3 Å². The SMILES string of the molecule is CCc1nnc(NCc2cnc(C)s2)nc1CC. The average molecular weight is 263 g/mol. The molecule has 96 valence electrons. The second kappa shape index (κ2) is 5.86. The standard InChI is InChI=1S/C12H17N5S/c1-4-10-11(5-2)16-17-12(15-10)14-7-9-6-13-8(3)18-9/h6H,4-5,7H2,1-3H3,(H,14,15,17). The van der Waals surface area contributed by atoms with Crippen molar-refractivity contribution in [3.05, 3.63) is 27.5 Å². The van der Waals surface area contributed by atoms with Crippen molar-refractivity contribution >= 4 is 17.3 Å². The minimum atomic E-state index is 0.593. The van der Waals surface area contributed by atoms with E-state index in [1.54, 1.807) is 11.3 Å². The predicted molar refractivity (Wildman–Crippen MR) is 72.8 cm³/mol. The van der Waals surface area contributed by atoms with Crippen LogP contribution in [0.2, 0.25) is 0 Å². The molecule has 0 atom stereocenters. The van der Waals surface area contributed by atoms with Crippen LogP contribution in [-0.4, -0.2) is 20.2 Å². The summed E-state index contributed by atoms with van der Waals surface area (Å²) in [5, 5.41) is 12.5. The van der Waals surface area contributed by atoms with Gasteiger partial charge in [0.25, 0.3) is 0 Å². The molecule has 18 heavy (non-hydrogen) atoms. The first-order valence-electron chi connectivity index (χ1n) is 6.10. The molecule has 0 saturated carbocycles. The summed E-state index contributed by atoms with van der Waals surface area (Å²) in [6.07, 6.45) is 3.63. The monoisotopic (exact) mass is 263 g/mol. The summed E-state index contributed by atoms with van der Waals surface area (Å²) < 4.78 is 0. The zero-order chi connectivity index (χ0) is 13.0. The summed E-state index contributed by atoms with van der Waals surface area (Å²) in [7, 11) is 0. The van der Waals surface area contributed by atoms with Gasteiger partial charge in [-0.05, 0) is 19.8 Å². The van der Waals surface area contributed by atoms with Crippen LogP contribution in [-0.2, 0) is 19.4 Å². The Balaban J connectivity index is 2.05. The first-order valence-corrected chi connectivity index (χ1v) is 6.92. The average Bonchev–Trinajstić information content (AvgIpc) is 2.81. The molecule has 0 saturated heterocycles. The van der Waals surface area contributed by atoms with E-state index in [-0.39, 0.29) is 0 Å². The van der Waals surface area contributed by atoms with Crippen LogP contribution < -0.4 is 5.32 Å². The van der Waals surface area contributed by atoms with E-state index in [1.807, 2.05) is 13.1 Å². The van der Waals surface area contributed by atoms with Crippen molar-refractivity contribution in [2.24, 2.45) is 0 Å². The van der Waals surface area contributed by atoms with E-state index in [0.29, 0.717) is 12.5 Å². The Labute approximate surface area is 111 Å². The van der Waals surface area contributed by atoms with Crippen molar-refractivity contribution in [3.8, 4) is 0 Å². The van der Waals surface area contributed by atoms with E-state index in [2.05, 4.69) is 39.3 Å². The van der Waals surface area contributed by atoms with Crippen molar-refractivity contribution in [2.75, 3.05) is 5.32 Å². The number of anilines is 1. The Morgan fingerprint density at radius 2 is 1.94 bits per heavy atom. The van der Waals surface area contributed by atoms with Crippen molar-refractivity contribution in [3.63, 3.8) is 0 Å². The fourth-order valence-corrected chi connectivity index (χ4v) is 2.40. The molecule has 0 unspecified atom stereocenters. The Morgan fingerprint density at radius 1 is 1.17 bits per heavy atom. The van der Waals surface area contributed by atoms with Gasteiger partial charge in [0.2, 0.25) is 5.95 Å². The molecule has 0 bridgehead atoms. The van der Waals surface area contributed by atoms with Crippen molar-refractivity contribution in [1.29, 1.82) is 0 Å². The van der Waals surface area contributed by atoms with Gasteiger partial charge in [0.15, 0.2) is 0 Å². The summed E-state index contributed by atoms with van der Waals surface area (Å²) in [6, 6.07) is 0. The highest BCUT2D eigenvalue weighted by Crippen LogP contribution is 2.13. The first-order chi connectivity index (χ1) is 8.72. The highest BCUT2D eigenvalue weighted by Gasteiger charge is 2.06. The van der Waals surface area contributed by atoms with Gasteiger partial charge in [-0.15, -0.1) is 16.4 Å². The molecule has 1 N–H and O–H groups in total. The summed E-state index contributed by atoms with van der Waals surface area (Å²) in [5.74, 6) is 0.593. The van der Waals surface area contributed by atoms with Gasteiger partial charge in [-0.3, -0.25) is 0 Å². The lowest BCUT2D eigenvalue weighted by Crippen LogP contribution is -2.08. The van der Waals surface area contributed by atoms with E-state index < -0.39 is 0 Å². The molecule has 2 heterocycles. The van der Waals surface area contributed by atoms with E-state index >= 15 is 0 Å². The Morgan fingerprint density at radius 3 is 2.56 bits per heavy atom. The normalized spacial score (nSPS) is 10.6. The number of nitrogens with one attached hydrogen (secondary N) is 1. The van der Waals surface area contributed by atoms with Crippen molar-refractivity contribution in [1.82, 2.24) is 20.2 Å². The lowest BCUT2D eigenvalue weighted by atomic mass is 10.2. The largest absolute Gasteiger partial charge is 0.348 e. The number of hydrogen-bond donors (Lipinski definition) is 1. The molecule has 0 aromatic carbocycles. The number of hydrogen-bond acceptors (Lipinski definition) is 6. The molecule has 0 aliphatic carbocycles. The summed E-state index contributed by atoms with van der Waals surface area (Å²) in [4.78, 5) is 9.87. The van der Waals surface area contributed by atoms with Crippen LogP contribution in [0.4, 0.5) is 5.95 Å². The van der Waals surface area contributed by atoms with Gasteiger partial charge in [-0.2, -0.15) is 5.10 Å². The van der Waals surface area contributed by atoms with E-state index in [0.717, 1.165) is 29.2 Å². The fourth-order valence-electron chi connectivity index (χ4n) is 1.67. The number of nitrogens with zero attached hydrogens (tertiary/aromatic N) is 4. The quantitative estimate of drug-likeness (QED) is 0.897. The van der Waals surface area contributed by atoms with E-state index in [4.69, 9.17) is 0 Å². The summed E-state index contributed by atoms with van der Waals surface area (Å²) >= 11 is 1.68.